The van der Waals surface area contributed by atoms with Crippen LogP contribution in [-0.2, 0) is 28.1 Å². The first kappa shape index (κ1) is 25.7. The molecule has 1 atom stereocenters. The van der Waals surface area contributed by atoms with Crippen molar-refractivity contribution in [3.8, 4) is 22.9 Å². The largest absolute Gasteiger partial charge is 0.403 e. The van der Waals surface area contributed by atoms with E-state index >= 15 is 0 Å². The van der Waals surface area contributed by atoms with Crippen LogP contribution in [0.15, 0.2) is 27.7 Å². The maximum atomic E-state index is 14.6. The summed E-state index contributed by atoms with van der Waals surface area (Å²) >= 11 is 0. The smallest absolute Gasteiger partial charge is 0.338 e. The number of nitrogens with one attached hydrogen (secondary N) is 1. The Hall–Kier alpha value is -3.56. The summed E-state index contributed by atoms with van der Waals surface area (Å²) in [6.07, 6.45) is -2.85. The van der Waals surface area contributed by atoms with Crippen LogP contribution in [0, 0.1) is 10.7 Å². The third kappa shape index (κ3) is 3.98. The Morgan fingerprint density at radius 3 is 2.49 bits per heavy atom. The first-order valence-corrected chi connectivity index (χ1v) is 13.8. The van der Waals surface area contributed by atoms with Crippen LogP contribution in [0.5, 0.6) is 0 Å². The number of fused-ring (bicyclic) bond motifs is 1. The van der Waals surface area contributed by atoms with Crippen molar-refractivity contribution >= 4 is 20.9 Å². The van der Waals surface area contributed by atoms with E-state index in [4.69, 9.17) is 9.30 Å². The molecule has 2 aliphatic carbocycles. The third-order valence-corrected chi connectivity index (χ3v) is 9.10. The molecule has 1 N–H and O–H groups in total. The molecule has 0 bridgehead atoms. The fourth-order valence-electron chi connectivity index (χ4n) is 4.44. The van der Waals surface area contributed by atoms with Crippen LogP contribution < -0.4 is 0 Å². The standard InChI is InChI=1S/C23H21F5N8O2S/c1-3-39(29,37)14-8-11(17-32-20(38-35-17)21(6-7-21)23(26,27)28)10-30-16(14)19-31-13-9-15(22(24,25)12-4-5-12)33-34-18(13)36(19)2/h8-10,12,29H,3-7H2,1-2H3. The zero-order chi connectivity index (χ0) is 28.0. The second kappa shape index (κ2) is 8.22. The number of nitrogens with zero attached hydrogens (tertiary/aromatic N) is 7. The minimum absolute atomic E-state index is 0.0225. The summed E-state index contributed by atoms with van der Waals surface area (Å²) in [6, 6.07) is 2.46. The van der Waals surface area contributed by atoms with E-state index in [2.05, 4.69) is 30.3 Å². The lowest BCUT2D eigenvalue weighted by Gasteiger charge is -2.14. The molecule has 1 unspecified atom stereocenters. The number of rotatable bonds is 7. The van der Waals surface area contributed by atoms with Gasteiger partial charge in [0, 0.05) is 30.5 Å². The number of pyridine rings is 1. The Morgan fingerprint density at radius 1 is 1.15 bits per heavy atom. The van der Waals surface area contributed by atoms with Crippen LogP contribution >= 0.6 is 0 Å². The quantitative estimate of drug-likeness (QED) is 0.308. The minimum Gasteiger partial charge on any atom is -0.338 e. The molecule has 16 heteroatoms. The summed E-state index contributed by atoms with van der Waals surface area (Å²) in [4.78, 5) is 12.6. The van der Waals surface area contributed by atoms with Gasteiger partial charge in [0.25, 0.3) is 5.92 Å². The molecule has 2 fully saturated rings. The maximum absolute atomic E-state index is 14.6. The molecule has 6 rings (SSSR count). The van der Waals surface area contributed by atoms with Gasteiger partial charge < -0.3 is 9.09 Å². The monoisotopic (exact) mass is 568 g/mol. The zero-order valence-electron chi connectivity index (χ0n) is 20.6. The molecule has 0 radical (unpaired) electrons. The topological polar surface area (TPSA) is 136 Å². The van der Waals surface area contributed by atoms with Crippen molar-refractivity contribution in [1.29, 1.82) is 4.78 Å². The van der Waals surface area contributed by atoms with Crippen molar-refractivity contribution in [2.24, 2.45) is 13.0 Å². The molecule has 4 aromatic rings. The van der Waals surface area contributed by atoms with Crippen LogP contribution in [0.1, 0.15) is 44.2 Å². The Labute approximate surface area is 218 Å². The van der Waals surface area contributed by atoms with Gasteiger partial charge in [-0.05, 0) is 37.8 Å². The fourth-order valence-corrected chi connectivity index (χ4v) is 5.52. The van der Waals surface area contributed by atoms with Crippen LogP contribution in [0.2, 0.25) is 0 Å². The number of imidazole rings is 1. The van der Waals surface area contributed by atoms with E-state index in [-0.39, 0.29) is 57.6 Å². The van der Waals surface area contributed by atoms with Gasteiger partial charge in [-0.1, -0.05) is 12.1 Å². The average Bonchev–Trinajstić information content (AvgIpc) is 3.83. The van der Waals surface area contributed by atoms with E-state index in [1.807, 2.05) is 0 Å². The molecule has 4 aromatic heterocycles. The van der Waals surface area contributed by atoms with E-state index in [0.717, 1.165) is 6.07 Å². The van der Waals surface area contributed by atoms with Crippen LogP contribution in [-0.4, -0.2) is 51.0 Å². The van der Waals surface area contributed by atoms with Gasteiger partial charge in [-0.2, -0.15) is 26.9 Å². The highest BCUT2D eigenvalue weighted by Gasteiger charge is 2.68. The Morgan fingerprint density at radius 2 is 1.87 bits per heavy atom. The molecule has 0 spiro atoms. The summed E-state index contributed by atoms with van der Waals surface area (Å²) < 4.78 is 97.8. The highest BCUT2D eigenvalue weighted by molar-refractivity contribution is 7.92. The van der Waals surface area contributed by atoms with E-state index in [9.17, 15) is 26.2 Å². The van der Waals surface area contributed by atoms with E-state index < -0.39 is 44.7 Å². The van der Waals surface area contributed by atoms with E-state index in [1.165, 1.54) is 23.8 Å². The molecular formula is C23H21F5N8O2S. The Balaban J connectivity index is 1.44. The van der Waals surface area contributed by atoms with Crippen molar-refractivity contribution in [3.05, 3.63) is 29.9 Å². The highest BCUT2D eigenvalue weighted by atomic mass is 32.2. The van der Waals surface area contributed by atoms with Gasteiger partial charge in [0.1, 0.15) is 22.3 Å². The number of alkyl halides is 5. The van der Waals surface area contributed by atoms with Gasteiger partial charge in [0.05, 0.1) is 14.6 Å². The van der Waals surface area contributed by atoms with Gasteiger partial charge in [-0.25, -0.2) is 14.0 Å². The summed E-state index contributed by atoms with van der Waals surface area (Å²) in [5, 5.41) is 11.3. The minimum atomic E-state index is -4.55. The second-order valence-corrected chi connectivity index (χ2v) is 12.2. The molecule has 206 valence electrons. The third-order valence-electron chi connectivity index (χ3n) is 7.26. The summed E-state index contributed by atoms with van der Waals surface area (Å²) in [5.74, 6) is -4.70. The average molecular weight is 569 g/mol. The lowest BCUT2D eigenvalue weighted by atomic mass is 10.1. The van der Waals surface area contributed by atoms with E-state index in [1.54, 1.807) is 7.05 Å². The van der Waals surface area contributed by atoms with Crippen molar-refractivity contribution in [2.45, 2.75) is 55.0 Å². The van der Waals surface area contributed by atoms with Gasteiger partial charge in [0.2, 0.25) is 11.7 Å². The number of hydrogen-bond donors (Lipinski definition) is 1. The molecule has 4 heterocycles. The van der Waals surface area contributed by atoms with Crippen LogP contribution in [0.4, 0.5) is 22.0 Å². The van der Waals surface area contributed by atoms with Crippen LogP contribution in [0.3, 0.4) is 0 Å². The highest BCUT2D eigenvalue weighted by Crippen LogP contribution is 2.58. The predicted molar refractivity (Wildman–Crippen MR) is 126 cm³/mol. The number of hydrogen-bond acceptors (Lipinski definition) is 9. The molecule has 0 aliphatic heterocycles. The molecular weight excluding hydrogens is 547 g/mol. The Kier molecular flexibility index (Phi) is 5.42. The van der Waals surface area contributed by atoms with Gasteiger partial charge in [-0.3, -0.25) is 4.98 Å². The Bertz CT molecular complexity index is 1720. The SMILES string of the molecule is CCS(=N)(=O)c1cc(-c2noc(C3(C(F)(F)F)CC3)n2)cnc1-c1nc2cc(C(F)(F)C3CC3)nnc2n1C. The van der Waals surface area contributed by atoms with Crippen LogP contribution in [0.25, 0.3) is 34.1 Å². The molecule has 39 heavy (non-hydrogen) atoms. The van der Waals surface area contributed by atoms with Crippen molar-refractivity contribution in [3.63, 3.8) is 0 Å². The summed E-state index contributed by atoms with van der Waals surface area (Å²) in [7, 11) is -1.92. The molecule has 2 saturated carbocycles. The fraction of sp³-hybridized carbons (Fsp3) is 0.478. The van der Waals surface area contributed by atoms with Gasteiger partial charge in [0.15, 0.2) is 11.5 Å². The van der Waals surface area contributed by atoms with Gasteiger partial charge >= 0.3 is 6.18 Å². The molecule has 2 aliphatic rings. The number of halogens is 5. The van der Waals surface area contributed by atoms with Crippen molar-refractivity contribution in [1.82, 2.24) is 34.9 Å². The molecule has 0 amide bonds. The lowest BCUT2D eigenvalue weighted by Crippen LogP contribution is -2.28. The maximum Gasteiger partial charge on any atom is 0.403 e. The molecule has 10 nitrogen and oxygen atoms in total. The van der Waals surface area contributed by atoms with E-state index in [0.29, 0.717) is 12.8 Å². The predicted octanol–water partition coefficient (Wildman–Crippen LogP) is 5.00. The zero-order valence-corrected chi connectivity index (χ0v) is 21.4. The van der Waals surface area contributed by atoms with Gasteiger partial charge in [-0.15, -0.1) is 10.2 Å². The second-order valence-electron chi connectivity index (χ2n) is 9.87. The number of aryl methyl sites for hydroxylation is 1. The first-order valence-electron chi connectivity index (χ1n) is 12.0. The van der Waals surface area contributed by atoms with Crippen molar-refractivity contribution < 1.29 is 30.7 Å². The summed E-state index contributed by atoms with van der Waals surface area (Å²) in [5.41, 5.74) is -2.26. The lowest BCUT2D eigenvalue weighted by molar-refractivity contribution is -0.166. The number of aromatic nitrogens is 7. The van der Waals surface area contributed by atoms with Crippen molar-refractivity contribution in [2.75, 3.05) is 5.75 Å². The summed E-state index contributed by atoms with van der Waals surface area (Å²) in [6.45, 7) is 1.53. The molecule has 0 saturated heterocycles. The molecule has 0 aromatic carbocycles. The normalized spacial score (nSPS) is 18.8. The first-order chi connectivity index (χ1) is 18.3.